The van der Waals surface area contributed by atoms with Gasteiger partial charge in [-0.25, -0.2) is 4.98 Å². The van der Waals surface area contributed by atoms with Crippen molar-refractivity contribution in [2.24, 2.45) is 7.05 Å². The van der Waals surface area contributed by atoms with Crippen molar-refractivity contribution in [3.63, 3.8) is 0 Å². The zero-order chi connectivity index (χ0) is 14.5. The molecule has 1 unspecified atom stereocenters. The number of hydrogen-bond donors (Lipinski definition) is 0. The molecule has 0 aliphatic heterocycles. The zero-order valence-corrected chi connectivity index (χ0v) is 12.3. The Kier molecular flexibility index (Phi) is 4.15. The molecule has 2 nitrogen and oxygen atoms in total. The summed E-state index contributed by atoms with van der Waals surface area (Å²) >= 11 is 0. The van der Waals surface area contributed by atoms with Crippen LogP contribution in [0.2, 0.25) is 0 Å². The third kappa shape index (κ3) is 3.40. The summed E-state index contributed by atoms with van der Waals surface area (Å²) < 4.78 is 2.11. The molecule has 1 aromatic heterocycles. The van der Waals surface area contributed by atoms with Crippen molar-refractivity contribution in [2.75, 3.05) is 0 Å². The average Bonchev–Trinajstić information content (AvgIpc) is 2.94. The number of aromatic nitrogens is 2. The molecule has 3 aromatic rings. The van der Waals surface area contributed by atoms with E-state index in [1.165, 1.54) is 11.1 Å². The molecule has 0 fully saturated rings. The normalized spacial score (nSPS) is 12.2. The predicted molar refractivity (Wildman–Crippen MR) is 86.2 cm³/mol. The molecule has 0 bridgehead atoms. The average molecular weight is 276 g/mol. The first kappa shape index (κ1) is 13.6. The first-order valence-corrected chi connectivity index (χ1v) is 7.38. The van der Waals surface area contributed by atoms with Gasteiger partial charge in [0, 0.05) is 25.9 Å². The summed E-state index contributed by atoms with van der Waals surface area (Å²) in [5, 5.41) is 0. The third-order valence-electron chi connectivity index (χ3n) is 3.95. The summed E-state index contributed by atoms with van der Waals surface area (Å²) in [4.78, 5) is 4.49. The monoisotopic (exact) mass is 276 g/mol. The SMILES string of the molecule is Cn1ccnc1CC(Cc1ccccc1)c1ccccc1. The molecule has 3 rings (SSSR count). The second kappa shape index (κ2) is 6.40. The lowest BCUT2D eigenvalue weighted by Gasteiger charge is -2.17. The van der Waals surface area contributed by atoms with Crippen LogP contribution < -0.4 is 0 Å². The van der Waals surface area contributed by atoms with E-state index in [2.05, 4.69) is 77.3 Å². The summed E-state index contributed by atoms with van der Waals surface area (Å²) in [6.07, 6.45) is 5.89. The molecule has 0 saturated heterocycles. The molecule has 1 heterocycles. The van der Waals surface area contributed by atoms with Crippen LogP contribution in [0.15, 0.2) is 73.1 Å². The van der Waals surface area contributed by atoms with E-state index in [1.807, 2.05) is 12.4 Å². The number of nitrogens with zero attached hydrogens (tertiary/aromatic N) is 2. The Hall–Kier alpha value is -2.35. The summed E-state index contributed by atoms with van der Waals surface area (Å²) in [6, 6.07) is 21.4. The lowest BCUT2D eigenvalue weighted by Crippen LogP contribution is -2.10. The first-order chi connectivity index (χ1) is 10.3. The van der Waals surface area contributed by atoms with Crippen molar-refractivity contribution in [3.05, 3.63) is 90.0 Å². The van der Waals surface area contributed by atoms with Crippen LogP contribution in [0.1, 0.15) is 22.9 Å². The maximum atomic E-state index is 4.49. The van der Waals surface area contributed by atoms with Crippen molar-refractivity contribution < 1.29 is 0 Å². The molecular formula is C19H20N2. The van der Waals surface area contributed by atoms with E-state index in [0.717, 1.165) is 18.7 Å². The van der Waals surface area contributed by atoms with Crippen LogP contribution in [0.25, 0.3) is 0 Å². The Bertz CT molecular complexity index is 671. The van der Waals surface area contributed by atoms with Gasteiger partial charge < -0.3 is 4.57 Å². The Morgan fingerprint density at radius 2 is 1.57 bits per heavy atom. The highest BCUT2D eigenvalue weighted by molar-refractivity contribution is 5.25. The van der Waals surface area contributed by atoms with Crippen LogP contribution in [0, 0.1) is 0 Å². The van der Waals surface area contributed by atoms with E-state index < -0.39 is 0 Å². The van der Waals surface area contributed by atoms with Crippen molar-refractivity contribution in [3.8, 4) is 0 Å². The van der Waals surface area contributed by atoms with Gasteiger partial charge in [-0.05, 0) is 23.5 Å². The van der Waals surface area contributed by atoms with Gasteiger partial charge in [0.15, 0.2) is 0 Å². The molecule has 0 aliphatic carbocycles. The van der Waals surface area contributed by atoms with Crippen molar-refractivity contribution in [1.29, 1.82) is 0 Å². The highest BCUT2D eigenvalue weighted by Crippen LogP contribution is 2.24. The van der Waals surface area contributed by atoms with E-state index >= 15 is 0 Å². The Morgan fingerprint density at radius 3 is 2.19 bits per heavy atom. The van der Waals surface area contributed by atoms with E-state index in [1.54, 1.807) is 0 Å². The van der Waals surface area contributed by atoms with Crippen LogP contribution in [0.5, 0.6) is 0 Å². The summed E-state index contributed by atoms with van der Waals surface area (Å²) in [7, 11) is 2.06. The molecule has 0 aliphatic rings. The van der Waals surface area contributed by atoms with Crippen molar-refractivity contribution >= 4 is 0 Å². The molecule has 106 valence electrons. The number of aryl methyl sites for hydroxylation is 1. The molecule has 0 radical (unpaired) electrons. The fourth-order valence-electron chi connectivity index (χ4n) is 2.75. The van der Waals surface area contributed by atoms with E-state index in [-0.39, 0.29) is 0 Å². The number of rotatable bonds is 5. The van der Waals surface area contributed by atoms with Crippen LogP contribution in [-0.2, 0) is 19.9 Å². The van der Waals surface area contributed by atoms with Gasteiger partial charge in [0.25, 0.3) is 0 Å². The molecule has 2 aromatic carbocycles. The van der Waals surface area contributed by atoms with Gasteiger partial charge in [0.2, 0.25) is 0 Å². The molecular weight excluding hydrogens is 256 g/mol. The van der Waals surface area contributed by atoms with Crippen LogP contribution in [0.3, 0.4) is 0 Å². The van der Waals surface area contributed by atoms with Crippen molar-refractivity contribution in [2.45, 2.75) is 18.8 Å². The van der Waals surface area contributed by atoms with Gasteiger partial charge in [-0.3, -0.25) is 0 Å². The van der Waals surface area contributed by atoms with Gasteiger partial charge in [-0.15, -0.1) is 0 Å². The van der Waals surface area contributed by atoms with E-state index in [9.17, 15) is 0 Å². The van der Waals surface area contributed by atoms with Crippen LogP contribution in [0.4, 0.5) is 0 Å². The molecule has 21 heavy (non-hydrogen) atoms. The van der Waals surface area contributed by atoms with Crippen LogP contribution in [-0.4, -0.2) is 9.55 Å². The predicted octanol–water partition coefficient (Wildman–Crippen LogP) is 3.99. The number of hydrogen-bond acceptors (Lipinski definition) is 1. The van der Waals surface area contributed by atoms with Gasteiger partial charge >= 0.3 is 0 Å². The van der Waals surface area contributed by atoms with Gasteiger partial charge in [0.1, 0.15) is 5.82 Å². The number of benzene rings is 2. The smallest absolute Gasteiger partial charge is 0.108 e. The first-order valence-electron chi connectivity index (χ1n) is 7.38. The fourth-order valence-corrected chi connectivity index (χ4v) is 2.75. The Labute approximate surface area is 126 Å². The highest BCUT2D eigenvalue weighted by atomic mass is 15.0. The second-order valence-corrected chi connectivity index (χ2v) is 5.46. The maximum absolute atomic E-state index is 4.49. The quantitative estimate of drug-likeness (QED) is 0.689. The third-order valence-corrected chi connectivity index (χ3v) is 3.95. The molecule has 0 N–H and O–H groups in total. The Balaban J connectivity index is 1.86. The lowest BCUT2D eigenvalue weighted by molar-refractivity contribution is 0.632. The highest BCUT2D eigenvalue weighted by Gasteiger charge is 2.15. The van der Waals surface area contributed by atoms with Gasteiger partial charge in [-0.1, -0.05) is 60.7 Å². The van der Waals surface area contributed by atoms with Crippen molar-refractivity contribution in [1.82, 2.24) is 9.55 Å². The van der Waals surface area contributed by atoms with E-state index in [4.69, 9.17) is 0 Å². The van der Waals surface area contributed by atoms with Crippen LogP contribution >= 0.6 is 0 Å². The minimum Gasteiger partial charge on any atom is -0.338 e. The summed E-state index contributed by atoms with van der Waals surface area (Å²) in [6.45, 7) is 0. The standard InChI is InChI=1S/C19H20N2/c1-21-13-12-20-19(21)15-18(17-10-6-3-7-11-17)14-16-8-4-2-5-9-16/h2-13,18H,14-15H2,1H3. The molecule has 2 heteroatoms. The van der Waals surface area contributed by atoms with Gasteiger partial charge in [0.05, 0.1) is 0 Å². The minimum absolute atomic E-state index is 0.453. The topological polar surface area (TPSA) is 17.8 Å². The molecule has 0 spiro atoms. The number of imidazole rings is 1. The molecule has 1 atom stereocenters. The fraction of sp³-hybridized carbons (Fsp3) is 0.211. The molecule has 0 saturated carbocycles. The maximum Gasteiger partial charge on any atom is 0.108 e. The summed E-state index contributed by atoms with van der Waals surface area (Å²) in [5.41, 5.74) is 2.75. The lowest BCUT2D eigenvalue weighted by atomic mass is 9.89. The van der Waals surface area contributed by atoms with Gasteiger partial charge in [-0.2, -0.15) is 0 Å². The van der Waals surface area contributed by atoms with E-state index in [0.29, 0.717) is 5.92 Å². The molecule has 0 amide bonds. The minimum atomic E-state index is 0.453. The largest absolute Gasteiger partial charge is 0.338 e. The Morgan fingerprint density at radius 1 is 0.905 bits per heavy atom. The zero-order valence-electron chi connectivity index (χ0n) is 12.3. The summed E-state index contributed by atoms with van der Waals surface area (Å²) in [5.74, 6) is 1.59. The second-order valence-electron chi connectivity index (χ2n) is 5.46.